The lowest BCUT2D eigenvalue weighted by Crippen LogP contribution is -2.35. The Morgan fingerprint density at radius 2 is 1.56 bits per heavy atom. The van der Waals surface area contributed by atoms with E-state index in [0.29, 0.717) is 21.5 Å². The van der Waals surface area contributed by atoms with E-state index in [4.69, 9.17) is 18.9 Å². The molecule has 10 heteroatoms. The average Bonchev–Trinajstić information content (AvgIpc) is 3.18. The molecule has 4 rings (SSSR count). The van der Waals surface area contributed by atoms with Gasteiger partial charge in [0, 0.05) is 10.0 Å². The normalized spacial score (nSPS) is 14.0. The van der Waals surface area contributed by atoms with E-state index in [2.05, 4.69) is 21.4 Å². The SMILES string of the molecule is COc1cc(C(=O)Oc2ccc(Br)cc2/C=C2\C(=O)NN(c3ccccc3)C2=O)cc(OC)c1OC. The molecule has 0 unspecified atom stereocenters. The number of para-hydroxylation sites is 1. The Balaban J connectivity index is 1.67. The predicted octanol–water partition coefficient (Wildman–Crippen LogP) is 4.16. The third-order valence-corrected chi connectivity index (χ3v) is 5.77. The van der Waals surface area contributed by atoms with Crippen molar-refractivity contribution in [2.24, 2.45) is 0 Å². The summed E-state index contributed by atoms with van der Waals surface area (Å²) in [5.74, 6) is -0.766. The van der Waals surface area contributed by atoms with Crippen LogP contribution in [0.5, 0.6) is 23.0 Å². The van der Waals surface area contributed by atoms with E-state index in [1.54, 1.807) is 48.5 Å². The monoisotopic (exact) mass is 552 g/mol. The molecule has 1 aliphatic rings. The molecule has 2 amide bonds. The van der Waals surface area contributed by atoms with E-state index < -0.39 is 17.8 Å². The van der Waals surface area contributed by atoms with Crippen molar-refractivity contribution in [3.63, 3.8) is 0 Å². The number of anilines is 1. The molecule has 184 valence electrons. The van der Waals surface area contributed by atoms with Crippen LogP contribution in [0.4, 0.5) is 5.69 Å². The molecule has 9 nitrogen and oxygen atoms in total. The van der Waals surface area contributed by atoms with Crippen LogP contribution in [0.2, 0.25) is 0 Å². The van der Waals surface area contributed by atoms with Gasteiger partial charge in [0.25, 0.3) is 11.8 Å². The highest BCUT2D eigenvalue weighted by Crippen LogP contribution is 2.38. The summed E-state index contributed by atoms with van der Waals surface area (Å²) in [4.78, 5) is 38.6. The van der Waals surface area contributed by atoms with E-state index in [0.717, 1.165) is 5.01 Å². The number of carbonyl (C=O) groups excluding carboxylic acids is 3. The van der Waals surface area contributed by atoms with E-state index in [-0.39, 0.29) is 28.4 Å². The van der Waals surface area contributed by atoms with Crippen LogP contribution in [0.25, 0.3) is 6.08 Å². The molecule has 3 aromatic carbocycles. The lowest BCUT2D eigenvalue weighted by Gasteiger charge is -2.14. The number of ether oxygens (including phenoxy) is 4. The smallest absolute Gasteiger partial charge is 0.343 e. The molecule has 0 bridgehead atoms. The topological polar surface area (TPSA) is 103 Å². The predicted molar refractivity (Wildman–Crippen MR) is 135 cm³/mol. The summed E-state index contributed by atoms with van der Waals surface area (Å²) >= 11 is 3.38. The van der Waals surface area contributed by atoms with Crippen LogP contribution >= 0.6 is 15.9 Å². The standard InChI is InChI=1S/C26H21BrN2O7/c1-33-21-13-16(14-22(34-2)23(21)35-3)26(32)36-20-10-9-17(27)11-15(20)12-19-24(30)28-29(25(19)31)18-7-5-4-6-8-18/h4-14H,1-3H3,(H,28,30)/b19-12+. The number of halogens is 1. The second kappa shape index (κ2) is 10.5. The van der Waals surface area contributed by atoms with Crippen molar-refractivity contribution < 1.29 is 33.3 Å². The van der Waals surface area contributed by atoms with Gasteiger partial charge in [0.2, 0.25) is 5.75 Å². The average molecular weight is 553 g/mol. The molecule has 36 heavy (non-hydrogen) atoms. The summed E-state index contributed by atoms with van der Waals surface area (Å²) in [5.41, 5.74) is 3.45. The third-order valence-electron chi connectivity index (χ3n) is 5.28. The van der Waals surface area contributed by atoms with Gasteiger partial charge in [0.15, 0.2) is 11.5 Å². The number of nitrogens with zero attached hydrogens (tertiary/aromatic N) is 1. The van der Waals surface area contributed by atoms with Crippen molar-refractivity contribution in [2.75, 3.05) is 26.3 Å². The van der Waals surface area contributed by atoms with Gasteiger partial charge in [0.1, 0.15) is 11.3 Å². The van der Waals surface area contributed by atoms with Crippen molar-refractivity contribution in [1.29, 1.82) is 0 Å². The van der Waals surface area contributed by atoms with Crippen molar-refractivity contribution in [3.8, 4) is 23.0 Å². The number of amides is 2. The number of esters is 1. The van der Waals surface area contributed by atoms with Crippen LogP contribution in [-0.2, 0) is 9.59 Å². The van der Waals surface area contributed by atoms with Gasteiger partial charge < -0.3 is 18.9 Å². The first-order chi connectivity index (χ1) is 17.4. The number of benzene rings is 3. The van der Waals surface area contributed by atoms with Gasteiger partial charge in [-0.05, 0) is 48.5 Å². The highest BCUT2D eigenvalue weighted by Gasteiger charge is 2.34. The summed E-state index contributed by atoms with van der Waals surface area (Å²) in [7, 11) is 4.33. The number of hydrazine groups is 1. The summed E-state index contributed by atoms with van der Waals surface area (Å²) in [5, 5.41) is 1.16. The van der Waals surface area contributed by atoms with Gasteiger partial charge in [-0.3, -0.25) is 15.0 Å². The summed E-state index contributed by atoms with van der Waals surface area (Å²) in [6.45, 7) is 0. The van der Waals surface area contributed by atoms with E-state index in [1.807, 2.05) is 0 Å². The number of nitrogens with one attached hydrogen (secondary N) is 1. The molecule has 1 saturated heterocycles. The molecule has 1 aliphatic heterocycles. The quantitative estimate of drug-likeness (QED) is 0.203. The lowest BCUT2D eigenvalue weighted by molar-refractivity contribution is -0.117. The van der Waals surface area contributed by atoms with Crippen LogP contribution in [-0.4, -0.2) is 39.1 Å². The summed E-state index contributed by atoms with van der Waals surface area (Å²) in [6.07, 6.45) is 1.38. The van der Waals surface area contributed by atoms with Gasteiger partial charge in [-0.25, -0.2) is 9.80 Å². The van der Waals surface area contributed by atoms with Crippen LogP contribution in [0.1, 0.15) is 15.9 Å². The number of hydrogen-bond donors (Lipinski definition) is 1. The number of hydrogen-bond acceptors (Lipinski definition) is 7. The zero-order chi connectivity index (χ0) is 25.8. The molecule has 1 fully saturated rings. The Morgan fingerprint density at radius 1 is 0.889 bits per heavy atom. The van der Waals surface area contributed by atoms with Crippen LogP contribution in [0, 0.1) is 0 Å². The summed E-state index contributed by atoms with van der Waals surface area (Å²) < 4.78 is 22.2. The maximum absolute atomic E-state index is 13.0. The fourth-order valence-corrected chi connectivity index (χ4v) is 3.93. The van der Waals surface area contributed by atoms with Gasteiger partial charge in [0.05, 0.1) is 32.6 Å². The first-order valence-electron chi connectivity index (χ1n) is 10.6. The lowest BCUT2D eigenvalue weighted by atomic mass is 10.1. The first-order valence-corrected chi connectivity index (χ1v) is 11.4. The summed E-state index contributed by atoms with van der Waals surface area (Å²) in [6, 6.07) is 16.5. The Kier molecular flexibility index (Phi) is 7.25. The largest absolute Gasteiger partial charge is 0.493 e. The molecule has 1 heterocycles. The van der Waals surface area contributed by atoms with Crippen molar-refractivity contribution in [2.45, 2.75) is 0 Å². The highest BCUT2D eigenvalue weighted by molar-refractivity contribution is 9.10. The molecule has 0 radical (unpaired) electrons. The Bertz CT molecular complexity index is 1350. The van der Waals surface area contributed by atoms with E-state index >= 15 is 0 Å². The maximum atomic E-state index is 13.0. The molecule has 0 aliphatic carbocycles. The fourth-order valence-electron chi connectivity index (χ4n) is 3.55. The zero-order valence-electron chi connectivity index (χ0n) is 19.5. The molecule has 1 N–H and O–H groups in total. The second-order valence-corrected chi connectivity index (χ2v) is 8.38. The van der Waals surface area contributed by atoms with Crippen LogP contribution < -0.4 is 29.4 Å². The minimum absolute atomic E-state index is 0.109. The number of rotatable bonds is 7. The second-order valence-electron chi connectivity index (χ2n) is 7.46. The van der Waals surface area contributed by atoms with Gasteiger partial charge in [-0.15, -0.1) is 0 Å². The van der Waals surface area contributed by atoms with E-state index in [1.165, 1.54) is 39.5 Å². The fraction of sp³-hybridized carbons (Fsp3) is 0.115. The Hall–Kier alpha value is -4.31. The van der Waals surface area contributed by atoms with E-state index in [9.17, 15) is 14.4 Å². The molecular weight excluding hydrogens is 532 g/mol. The Labute approximate surface area is 215 Å². The molecular formula is C26H21BrN2O7. The molecule has 0 spiro atoms. The molecule has 0 atom stereocenters. The van der Waals surface area contributed by atoms with Gasteiger partial charge in [-0.2, -0.15) is 0 Å². The number of methoxy groups -OCH3 is 3. The minimum Gasteiger partial charge on any atom is -0.493 e. The van der Waals surface area contributed by atoms with Gasteiger partial charge in [-0.1, -0.05) is 34.1 Å². The maximum Gasteiger partial charge on any atom is 0.343 e. The van der Waals surface area contributed by atoms with Crippen LogP contribution in [0.15, 0.2) is 70.7 Å². The first kappa shape index (κ1) is 24.8. The minimum atomic E-state index is -0.704. The van der Waals surface area contributed by atoms with Crippen molar-refractivity contribution in [3.05, 3.63) is 81.8 Å². The van der Waals surface area contributed by atoms with Crippen molar-refractivity contribution in [1.82, 2.24) is 5.43 Å². The van der Waals surface area contributed by atoms with Crippen molar-refractivity contribution >= 4 is 45.5 Å². The van der Waals surface area contributed by atoms with Gasteiger partial charge >= 0.3 is 5.97 Å². The zero-order valence-corrected chi connectivity index (χ0v) is 21.1. The van der Waals surface area contributed by atoms with Crippen LogP contribution in [0.3, 0.4) is 0 Å². The Morgan fingerprint density at radius 3 is 2.17 bits per heavy atom. The number of carbonyl (C=O) groups is 3. The highest BCUT2D eigenvalue weighted by atomic mass is 79.9. The molecule has 3 aromatic rings. The third kappa shape index (κ3) is 4.89. The molecule has 0 saturated carbocycles. The molecule has 0 aromatic heterocycles.